The molecule has 1 saturated heterocycles. The highest BCUT2D eigenvalue weighted by molar-refractivity contribution is 5.92. The number of carbonyl (C=O) groups is 1. The number of benzene rings is 1. The number of nitrogens with zero attached hydrogens (tertiary/aromatic N) is 3. The summed E-state index contributed by atoms with van der Waals surface area (Å²) in [6.07, 6.45) is 1.39. The van der Waals surface area contributed by atoms with Gasteiger partial charge in [-0.15, -0.1) is 0 Å². The molecule has 0 bridgehead atoms. The lowest BCUT2D eigenvalue weighted by Crippen LogP contribution is -2.55. The van der Waals surface area contributed by atoms with Crippen LogP contribution in [0.25, 0.3) is 5.69 Å². The van der Waals surface area contributed by atoms with Crippen LogP contribution in [0.5, 0.6) is 0 Å². The van der Waals surface area contributed by atoms with E-state index in [1.54, 1.807) is 4.90 Å². The first-order chi connectivity index (χ1) is 11.0. The molecule has 0 aliphatic carbocycles. The molecule has 3 rings (SSSR count). The summed E-state index contributed by atoms with van der Waals surface area (Å²) in [5.74, 6) is -1.69. The minimum absolute atomic E-state index is 0.175. The number of aromatic nitrogens is 2. The summed E-state index contributed by atoms with van der Waals surface area (Å²) in [4.78, 5) is 14.2. The number of amides is 1. The number of halogens is 2. The van der Waals surface area contributed by atoms with E-state index < -0.39 is 11.6 Å². The molecule has 1 N–H and O–H groups in total. The fraction of sp³-hybridized carbons (Fsp3) is 0.375. The highest BCUT2D eigenvalue weighted by atomic mass is 19.1. The van der Waals surface area contributed by atoms with Gasteiger partial charge in [0, 0.05) is 31.4 Å². The predicted molar refractivity (Wildman–Crippen MR) is 81.4 cm³/mol. The minimum atomic E-state index is -0.725. The van der Waals surface area contributed by atoms with Gasteiger partial charge in [-0.25, -0.2) is 13.5 Å². The molecule has 2 heterocycles. The van der Waals surface area contributed by atoms with Gasteiger partial charge < -0.3 is 10.2 Å². The van der Waals surface area contributed by atoms with Gasteiger partial charge in [0.1, 0.15) is 5.69 Å². The molecule has 122 valence electrons. The monoisotopic (exact) mass is 320 g/mol. The van der Waals surface area contributed by atoms with Gasteiger partial charge in [0.15, 0.2) is 17.3 Å². The lowest BCUT2D eigenvalue weighted by molar-refractivity contribution is 0.0667. The predicted octanol–water partition coefficient (Wildman–Crippen LogP) is 1.97. The van der Waals surface area contributed by atoms with Gasteiger partial charge in [0.2, 0.25) is 0 Å². The Balaban J connectivity index is 1.86. The maximum Gasteiger partial charge on any atom is 0.274 e. The number of rotatable bonds is 2. The average Bonchev–Trinajstić information content (AvgIpc) is 2.94. The van der Waals surface area contributed by atoms with Gasteiger partial charge in [0.25, 0.3) is 5.91 Å². The molecule has 7 heteroatoms. The highest BCUT2D eigenvalue weighted by Crippen LogP contribution is 2.17. The standard InChI is InChI=1S/C16H18F2N4O/c1-10-8-21(9-11(2)19-10)16(23)14-6-7-22(20-14)15-12(17)4-3-5-13(15)18/h3-7,10-11,19H,8-9H2,1-2H3/t10-,11-/m0/s1. The summed E-state index contributed by atoms with van der Waals surface area (Å²) < 4.78 is 28.7. The van der Waals surface area contributed by atoms with Crippen molar-refractivity contribution < 1.29 is 13.6 Å². The maximum atomic E-state index is 13.8. The fourth-order valence-corrected chi connectivity index (χ4v) is 2.93. The summed E-state index contributed by atoms with van der Waals surface area (Å²) in [6.45, 7) is 5.15. The number of piperazine rings is 1. The molecule has 0 spiro atoms. The van der Waals surface area contributed by atoms with E-state index in [4.69, 9.17) is 0 Å². The molecule has 1 aliphatic rings. The summed E-state index contributed by atoms with van der Waals surface area (Å²) in [5.41, 5.74) is -0.109. The largest absolute Gasteiger partial charge is 0.334 e. The Morgan fingerprint density at radius 1 is 1.17 bits per heavy atom. The van der Waals surface area contributed by atoms with E-state index in [1.807, 2.05) is 13.8 Å². The third-order valence-electron chi connectivity index (χ3n) is 3.82. The first-order valence-corrected chi connectivity index (χ1v) is 7.51. The highest BCUT2D eigenvalue weighted by Gasteiger charge is 2.27. The van der Waals surface area contributed by atoms with Crippen molar-refractivity contribution in [3.63, 3.8) is 0 Å². The van der Waals surface area contributed by atoms with Crippen LogP contribution >= 0.6 is 0 Å². The first-order valence-electron chi connectivity index (χ1n) is 7.51. The van der Waals surface area contributed by atoms with Crippen molar-refractivity contribution in [1.82, 2.24) is 20.0 Å². The first kappa shape index (κ1) is 15.6. The third-order valence-corrected chi connectivity index (χ3v) is 3.82. The van der Waals surface area contributed by atoms with Crippen molar-refractivity contribution in [2.75, 3.05) is 13.1 Å². The quantitative estimate of drug-likeness (QED) is 0.920. The molecule has 23 heavy (non-hydrogen) atoms. The molecule has 1 fully saturated rings. The van der Waals surface area contributed by atoms with Gasteiger partial charge in [0.05, 0.1) is 0 Å². The topological polar surface area (TPSA) is 50.2 Å². The zero-order valence-corrected chi connectivity index (χ0v) is 13.0. The number of para-hydroxylation sites is 1. The van der Waals surface area contributed by atoms with Crippen LogP contribution in [0, 0.1) is 11.6 Å². The Morgan fingerprint density at radius 3 is 2.39 bits per heavy atom. The van der Waals surface area contributed by atoms with Gasteiger partial charge in [-0.3, -0.25) is 4.79 Å². The van der Waals surface area contributed by atoms with E-state index in [0.717, 1.165) is 16.8 Å². The number of hydrogen-bond donors (Lipinski definition) is 1. The smallest absolute Gasteiger partial charge is 0.274 e. The molecule has 0 radical (unpaired) electrons. The van der Waals surface area contributed by atoms with E-state index in [2.05, 4.69) is 10.4 Å². The third kappa shape index (κ3) is 3.10. The van der Waals surface area contributed by atoms with Crippen LogP contribution in [0.1, 0.15) is 24.3 Å². The Kier molecular flexibility index (Phi) is 4.12. The second-order valence-corrected chi connectivity index (χ2v) is 5.89. The van der Waals surface area contributed by atoms with E-state index in [1.165, 1.54) is 18.3 Å². The van der Waals surface area contributed by atoms with Crippen molar-refractivity contribution in [3.05, 3.63) is 47.8 Å². The average molecular weight is 320 g/mol. The van der Waals surface area contributed by atoms with E-state index in [0.29, 0.717) is 13.1 Å². The van der Waals surface area contributed by atoms with Crippen LogP contribution in [0.2, 0.25) is 0 Å². The van der Waals surface area contributed by atoms with Gasteiger partial charge in [-0.05, 0) is 32.0 Å². The normalized spacial score (nSPS) is 21.5. The van der Waals surface area contributed by atoms with Gasteiger partial charge in [-0.1, -0.05) is 6.07 Å². The van der Waals surface area contributed by atoms with E-state index in [9.17, 15) is 13.6 Å². The van der Waals surface area contributed by atoms with Crippen molar-refractivity contribution in [2.45, 2.75) is 25.9 Å². The van der Waals surface area contributed by atoms with Crippen LogP contribution < -0.4 is 5.32 Å². The van der Waals surface area contributed by atoms with Gasteiger partial charge in [-0.2, -0.15) is 5.10 Å². The molecule has 1 aromatic heterocycles. The Labute approximate surface area is 132 Å². The lowest BCUT2D eigenvalue weighted by atomic mass is 10.1. The summed E-state index contributed by atoms with van der Waals surface area (Å²) >= 11 is 0. The zero-order valence-electron chi connectivity index (χ0n) is 13.0. The molecule has 0 unspecified atom stereocenters. The van der Waals surface area contributed by atoms with E-state index >= 15 is 0 Å². The van der Waals surface area contributed by atoms with Crippen LogP contribution in [-0.4, -0.2) is 45.8 Å². The summed E-state index contributed by atoms with van der Waals surface area (Å²) in [5, 5.41) is 7.40. The summed E-state index contributed by atoms with van der Waals surface area (Å²) in [7, 11) is 0. The van der Waals surface area contributed by atoms with E-state index in [-0.39, 0.29) is 29.4 Å². The molecule has 0 saturated carbocycles. The molecular formula is C16H18F2N4O. The SMILES string of the molecule is C[C@H]1CN(C(=O)c2ccn(-c3c(F)cccc3F)n2)C[C@H](C)N1. The zero-order chi connectivity index (χ0) is 16.6. The van der Waals surface area contributed by atoms with Crippen LogP contribution in [0.4, 0.5) is 8.78 Å². The number of carbonyl (C=O) groups excluding carboxylic acids is 1. The molecule has 2 atom stereocenters. The van der Waals surface area contributed by atoms with Crippen LogP contribution in [0.3, 0.4) is 0 Å². The van der Waals surface area contributed by atoms with Crippen molar-refractivity contribution in [2.24, 2.45) is 0 Å². The van der Waals surface area contributed by atoms with Gasteiger partial charge >= 0.3 is 0 Å². The fourth-order valence-electron chi connectivity index (χ4n) is 2.93. The molecule has 2 aromatic rings. The molecule has 1 aromatic carbocycles. The van der Waals surface area contributed by atoms with Crippen molar-refractivity contribution in [3.8, 4) is 5.69 Å². The van der Waals surface area contributed by atoms with Crippen LogP contribution in [-0.2, 0) is 0 Å². The van der Waals surface area contributed by atoms with Crippen LogP contribution in [0.15, 0.2) is 30.5 Å². The Morgan fingerprint density at radius 2 is 1.78 bits per heavy atom. The Hall–Kier alpha value is -2.28. The second kappa shape index (κ2) is 6.08. The van der Waals surface area contributed by atoms with Crippen molar-refractivity contribution in [1.29, 1.82) is 0 Å². The molecule has 5 nitrogen and oxygen atoms in total. The number of hydrogen-bond acceptors (Lipinski definition) is 3. The Bertz CT molecular complexity index is 700. The van der Waals surface area contributed by atoms with Crippen molar-refractivity contribution >= 4 is 5.91 Å². The lowest BCUT2D eigenvalue weighted by Gasteiger charge is -2.35. The molecule has 1 amide bonds. The minimum Gasteiger partial charge on any atom is -0.334 e. The number of nitrogens with one attached hydrogen (secondary N) is 1. The maximum absolute atomic E-state index is 13.8. The summed E-state index contributed by atoms with van der Waals surface area (Å²) in [6, 6.07) is 5.45. The molecular weight excluding hydrogens is 302 g/mol. The molecule has 1 aliphatic heterocycles. The second-order valence-electron chi connectivity index (χ2n) is 5.89.